The molecular weight excluding hydrogens is 118 g/mol. The maximum atomic E-state index is 9.11. The van der Waals surface area contributed by atoms with Gasteiger partial charge in [0.2, 0.25) is 0 Å². The topological polar surface area (TPSA) is 55.5 Å². The molecule has 0 saturated carbocycles. The van der Waals surface area contributed by atoms with Crippen molar-refractivity contribution >= 4 is 0 Å². The summed E-state index contributed by atoms with van der Waals surface area (Å²) in [6.45, 7) is 1.09. The molecule has 0 unspecified atom stereocenters. The van der Waals surface area contributed by atoms with Crippen molar-refractivity contribution in [3.05, 3.63) is 0 Å². The van der Waals surface area contributed by atoms with E-state index < -0.39 is 6.10 Å². The summed E-state index contributed by atoms with van der Waals surface area (Å²) in [5, 5.41) is 9.11. The summed E-state index contributed by atoms with van der Waals surface area (Å²) >= 11 is 0. The van der Waals surface area contributed by atoms with E-state index in [0.717, 1.165) is 19.4 Å². The summed E-state index contributed by atoms with van der Waals surface area (Å²) in [5.74, 6) is 0. The van der Waals surface area contributed by atoms with E-state index in [4.69, 9.17) is 15.6 Å². The van der Waals surface area contributed by atoms with Gasteiger partial charge in [-0.1, -0.05) is 0 Å². The molecule has 3 N–H and O–H groups in total. The van der Waals surface area contributed by atoms with E-state index in [0.29, 0.717) is 6.54 Å². The molecule has 54 valence electrons. The number of nitrogens with two attached hydrogens (primary N) is 1. The largest absolute Gasteiger partial charge is 0.389 e. The molecule has 0 spiro atoms. The van der Waals surface area contributed by atoms with Crippen molar-refractivity contribution < 1.29 is 9.84 Å². The minimum Gasteiger partial charge on any atom is -0.389 e. The van der Waals surface area contributed by atoms with Crippen molar-refractivity contribution in [3.8, 4) is 0 Å². The summed E-state index contributed by atoms with van der Waals surface area (Å²) in [4.78, 5) is 0. The van der Waals surface area contributed by atoms with Gasteiger partial charge in [-0.05, 0) is 12.8 Å². The fourth-order valence-corrected chi connectivity index (χ4v) is 1.06. The Morgan fingerprint density at radius 3 is 3.00 bits per heavy atom. The van der Waals surface area contributed by atoms with Crippen LogP contribution in [0, 0.1) is 0 Å². The monoisotopic (exact) mass is 131 g/mol. The van der Waals surface area contributed by atoms with Gasteiger partial charge in [0.25, 0.3) is 0 Å². The third-order valence-corrected chi connectivity index (χ3v) is 1.64. The first-order valence-corrected chi connectivity index (χ1v) is 3.34. The molecule has 0 aliphatic carbocycles. The SMILES string of the molecule is NC[C@H](O)[C@H]1CCCO1. The Morgan fingerprint density at radius 2 is 2.56 bits per heavy atom. The van der Waals surface area contributed by atoms with Crippen molar-refractivity contribution in [2.45, 2.75) is 25.0 Å². The predicted molar refractivity (Wildman–Crippen MR) is 34.0 cm³/mol. The summed E-state index contributed by atoms with van der Waals surface area (Å²) in [5.41, 5.74) is 5.22. The second-order valence-electron chi connectivity index (χ2n) is 2.35. The molecule has 1 aliphatic heterocycles. The van der Waals surface area contributed by atoms with Gasteiger partial charge in [0, 0.05) is 13.2 Å². The van der Waals surface area contributed by atoms with Gasteiger partial charge in [-0.15, -0.1) is 0 Å². The van der Waals surface area contributed by atoms with Crippen LogP contribution in [-0.2, 0) is 4.74 Å². The second kappa shape index (κ2) is 3.15. The molecule has 1 fully saturated rings. The zero-order valence-corrected chi connectivity index (χ0v) is 5.42. The second-order valence-corrected chi connectivity index (χ2v) is 2.35. The molecule has 1 heterocycles. The molecule has 0 bridgehead atoms. The minimum absolute atomic E-state index is 0.00926. The van der Waals surface area contributed by atoms with Crippen molar-refractivity contribution in [3.63, 3.8) is 0 Å². The molecule has 9 heavy (non-hydrogen) atoms. The normalized spacial score (nSPS) is 30.7. The van der Waals surface area contributed by atoms with Gasteiger partial charge in [-0.2, -0.15) is 0 Å². The van der Waals surface area contributed by atoms with Crippen LogP contribution in [0.25, 0.3) is 0 Å². The zero-order chi connectivity index (χ0) is 6.69. The quantitative estimate of drug-likeness (QED) is 0.530. The van der Waals surface area contributed by atoms with Gasteiger partial charge in [-0.3, -0.25) is 0 Å². The number of rotatable bonds is 2. The van der Waals surface area contributed by atoms with Crippen LogP contribution in [0.3, 0.4) is 0 Å². The average molecular weight is 131 g/mol. The number of aliphatic hydroxyl groups is 1. The Balaban J connectivity index is 2.24. The Kier molecular flexibility index (Phi) is 2.45. The summed E-state index contributed by atoms with van der Waals surface area (Å²) in [7, 11) is 0. The van der Waals surface area contributed by atoms with E-state index in [1.54, 1.807) is 0 Å². The molecule has 0 amide bonds. The lowest BCUT2D eigenvalue weighted by Gasteiger charge is -2.14. The van der Waals surface area contributed by atoms with Crippen LogP contribution < -0.4 is 5.73 Å². The van der Waals surface area contributed by atoms with E-state index >= 15 is 0 Å². The standard InChI is InChI=1S/C6H13NO2/c7-4-5(8)6-2-1-3-9-6/h5-6,8H,1-4,7H2/t5-,6+/m0/s1. The van der Waals surface area contributed by atoms with Crippen molar-refractivity contribution in [2.24, 2.45) is 5.73 Å². The highest BCUT2D eigenvalue weighted by atomic mass is 16.5. The maximum absolute atomic E-state index is 9.11. The highest BCUT2D eigenvalue weighted by Gasteiger charge is 2.22. The minimum atomic E-state index is -0.451. The lowest BCUT2D eigenvalue weighted by atomic mass is 10.1. The number of hydrogen-bond acceptors (Lipinski definition) is 3. The van der Waals surface area contributed by atoms with Crippen LogP contribution in [0.15, 0.2) is 0 Å². The molecule has 0 aromatic carbocycles. The Hall–Kier alpha value is -0.120. The van der Waals surface area contributed by atoms with Gasteiger partial charge < -0.3 is 15.6 Å². The Morgan fingerprint density at radius 1 is 1.78 bits per heavy atom. The molecule has 1 rings (SSSR count). The Bertz CT molecular complexity index is 81.1. The molecular formula is C6H13NO2. The first-order chi connectivity index (χ1) is 4.34. The average Bonchev–Trinajstić information content (AvgIpc) is 2.37. The third kappa shape index (κ3) is 1.64. The molecule has 2 atom stereocenters. The summed E-state index contributed by atoms with van der Waals surface area (Å²) in [6.07, 6.45) is 1.57. The van der Waals surface area contributed by atoms with Crippen LogP contribution in [-0.4, -0.2) is 30.5 Å². The van der Waals surface area contributed by atoms with Crippen molar-refractivity contribution in [1.82, 2.24) is 0 Å². The molecule has 0 aromatic heterocycles. The third-order valence-electron chi connectivity index (χ3n) is 1.64. The fourth-order valence-electron chi connectivity index (χ4n) is 1.06. The molecule has 0 radical (unpaired) electrons. The van der Waals surface area contributed by atoms with Gasteiger partial charge in [-0.25, -0.2) is 0 Å². The maximum Gasteiger partial charge on any atom is 0.0923 e. The molecule has 0 aromatic rings. The molecule has 3 nitrogen and oxygen atoms in total. The van der Waals surface area contributed by atoms with E-state index in [-0.39, 0.29) is 6.10 Å². The number of ether oxygens (including phenoxy) is 1. The van der Waals surface area contributed by atoms with E-state index in [1.165, 1.54) is 0 Å². The first-order valence-electron chi connectivity index (χ1n) is 3.34. The van der Waals surface area contributed by atoms with Crippen LogP contribution in [0.1, 0.15) is 12.8 Å². The van der Waals surface area contributed by atoms with Gasteiger partial charge in [0.1, 0.15) is 0 Å². The van der Waals surface area contributed by atoms with Crippen LogP contribution in [0.2, 0.25) is 0 Å². The van der Waals surface area contributed by atoms with Crippen molar-refractivity contribution in [1.29, 1.82) is 0 Å². The molecule has 1 saturated heterocycles. The highest BCUT2D eigenvalue weighted by molar-refractivity contribution is 4.73. The molecule has 3 heteroatoms. The lowest BCUT2D eigenvalue weighted by molar-refractivity contribution is 0.00365. The van der Waals surface area contributed by atoms with Crippen LogP contribution >= 0.6 is 0 Å². The van der Waals surface area contributed by atoms with Crippen LogP contribution in [0.5, 0.6) is 0 Å². The van der Waals surface area contributed by atoms with Crippen molar-refractivity contribution in [2.75, 3.05) is 13.2 Å². The smallest absolute Gasteiger partial charge is 0.0923 e. The van der Waals surface area contributed by atoms with Gasteiger partial charge in [0.05, 0.1) is 12.2 Å². The van der Waals surface area contributed by atoms with Gasteiger partial charge in [0.15, 0.2) is 0 Å². The fraction of sp³-hybridized carbons (Fsp3) is 1.00. The number of aliphatic hydroxyl groups excluding tert-OH is 1. The van der Waals surface area contributed by atoms with Gasteiger partial charge >= 0.3 is 0 Å². The van der Waals surface area contributed by atoms with Crippen LogP contribution in [0.4, 0.5) is 0 Å². The van der Waals surface area contributed by atoms with E-state index in [2.05, 4.69) is 0 Å². The van der Waals surface area contributed by atoms with E-state index in [1.807, 2.05) is 0 Å². The Labute approximate surface area is 54.8 Å². The summed E-state index contributed by atoms with van der Waals surface area (Å²) in [6, 6.07) is 0. The lowest BCUT2D eigenvalue weighted by Crippen LogP contribution is -2.32. The summed E-state index contributed by atoms with van der Waals surface area (Å²) < 4.78 is 5.18. The zero-order valence-electron chi connectivity index (χ0n) is 5.42. The van der Waals surface area contributed by atoms with E-state index in [9.17, 15) is 0 Å². The number of hydrogen-bond donors (Lipinski definition) is 2. The predicted octanol–water partition coefficient (Wildman–Crippen LogP) is -0.515. The molecule has 1 aliphatic rings. The highest BCUT2D eigenvalue weighted by Crippen LogP contribution is 2.14. The first kappa shape index (κ1) is 6.99.